The Labute approximate surface area is 90.0 Å². The van der Waals surface area contributed by atoms with Crippen molar-refractivity contribution in [3.05, 3.63) is 33.3 Å². The second kappa shape index (κ2) is 5.47. The third kappa shape index (κ3) is 2.62. The zero-order valence-corrected chi connectivity index (χ0v) is 8.75. The molecule has 0 aromatic carbocycles. The first-order valence-electron chi connectivity index (χ1n) is 3.79. The van der Waals surface area contributed by atoms with E-state index in [-0.39, 0.29) is 18.2 Å². The minimum Gasteiger partial charge on any atom is -0.475 e. The standard InChI is InChI=1S/C8H7ClN2O2S/c9-2-3-13-8(12)7(11-10)6-1-4-14-5-6/h1,4-5H,2-3H2/p+1/b8-7-. The number of aliphatic hydroxyl groups excluding tert-OH is 1. The van der Waals surface area contributed by atoms with Crippen molar-refractivity contribution in [1.82, 2.24) is 0 Å². The summed E-state index contributed by atoms with van der Waals surface area (Å²) in [4.78, 5) is 2.95. The summed E-state index contributed by atoms with van der Waals surface area (Å²) in [7, 11) is 0. The van der Waals surface area contributed by atoms with Crippen molar-refractivity contribution in [3.63, 3.8) is 0 Å². The minimum atomic E-state index is -0.424. The fraction of sp³-hybridized carbons (Fsp3) is 0.250. The fourth-order valence-electron chi connectivity index (χ4n) is 0.827. The molecule has 14 heavy (non-hydrogen) atoms. The molecule has 1 N–H and O–H groups in total. The van der Waals surface area contributed by atoms with Gasteiger partial charge in [0.25, 0.3) is 0 Å². The van der Waals surface area contributed by atoms with Gasteiger partial charge in [-0.15, -0.1) is 11.6 Å². The summed E-state index contributed by atoms with van der Waals surface area (Å²) in [5, 5.41) is 21.6. The van der Waals surface area contributed by atoms with E-state index in [1.54, 1.807) is 16.8 Å². The molecule has 0 radical (unpaired) electrons. The van der Waals surface area contributed by atoms with E-state index in [9.17, 15) is 5.11 Å². The summed E-state index contributed by atoms with van der Waals surface area (Å²) in [6.45, 7) is 0.163. The molecule has 0 atom stereocenters. The smallest absolute Gasteiger partial charge is 0.471 e. The molecule has 0 saturated carbocycles. The summed E-state index contributed by atoms with van der Waals surface area (Å²) < 4.78 is 4.82. The fourth-order valence-corrected chi connectivity index (χ4v) is 1.54. The number of ether oxygens (including phenoxy) is 1. The molecule has 0 aliphatic rings. The SMILES string of the molecule is N#[N+]/C(=C(/O)OCCCl)c1ccsc1. The Morgan fingerprint density at radius 2 is 2.50 bits per heavy atom. The van der Waals surface area contributed by atoms with Gasteiger partial charge in [-0.25, -0.2) is 0 Å². The summed E-state index contributed by atoms with van der Waals surface area (Å²) >= 11 is 6.80. The lowest BCUT2D eigenvalue weighted by Crippen LogP contribution is -1.97. The van der Waals surface area contributed by atoms with Gasteiger partial charge in [0.1, 0.15) is 6.61 Å². The average molecular weight is 232 g/mol. The average Bonchev–Trinajstić information content (AvgIpc) is 2.69. The number of hydrogen-bond acceptors (Lipinski definition) is 4. The van der Waals surface area contributed by atoms with Crippen LogP contribution in [-0.4, -0.2) is 17.6 Å². The second-order valence-corrected chi connectivity index (χ2v) is 3.46. The van der Waals surface area contributed by atoms with Gasteiger partial charge in [-0.3, -0.25) is 0 Å². The predicted octanol–water partition coefficient (Wildman–Crippen LogP) is 3.04. The molecule has 1 aromatic rings. The van der Waals surface area contributed by atoms with E-state index in [0.29, 0.717) is 5.56 Å². The molecular formula is C8H8ClN2O2S+. The number of alkyl halides is 1. The van der Waals surface area contributed by atoms with Crippen LogP contribution < -0.4 is 0 Å². The van der Waals surface area contributed by atoms with Gasteiger partial charge in [0.15, 0.2) is 4.98 Å². The first-order valence-corrected chi connectivity index (χ1v) is 5.27. The third-order valence-corrected chi connectivity index (χ3v) is 2.25. The zero-order valence-electron chi connectivity index (χ0n) is 7.18. The molecule has 74 valence electrons. The zero-order chi connectivity index (χ0) is 10.4. The highest BCUT2D eigenvalue weighted by atomic mass is 35.5. The molecule has 0 fully saturated rings. The van der Waals surface area contributed by atoms with Crippen molar-refractivity contribution >= 4 is 28.6 Å². The highest BCUT2D eigenvalue weighted by Crippen LogP contribution is 2.21. The van der Waals surface area contributed by atoms with Crippen molar-refractivity contribution < 1.29 is 9.84 Å². The molecule has 0 aliphatic heterocycles. The Morgan fingerprint density at radius 1 is 1.71 bits per heavy atom. The molecule has 0 aliphatic carbocycles. The number of diazo groups is 1. The molecule has 6 heteroatoms. The van der Waals surface area contributed by atoms with E-state index < -0.39 is 5.95 Å². The number of nitrogens with zero attached hydrogens (tertiary/aromatic N) is 2. The van der Waals surface area contributed by atoms with Gasteiger partial charge in [-0.2, -0.15) is 11.3 Å². The quantitative estimate of drug-likeness (QED) is 0.492. The van der Waals surface area contributed by atoms with Crippen molar-refractivity contribution in [2.75, 3.05) is 12.5 Å². The maximum absolute atomic E-state index is 9.36. The Balaban J connectivity index is 2.85. The number of aliphatic hydroxyl groups is 1. The van der Waals surface area contributed by atoms with Crippen molar-refractivity contribution in [2.24, 2.45) is 0 Å². The van der Waals surface area contributed by atoms with Crippen LogP contribution in [0.15, 0.2) is 22.8 Å². The van der Waals surface area contributed by atoms with Crippen LogP contribution in [0.1, 0.15) is 5.56 Å². The van der Waals surface area contributed by atoms with Gasteiger partial charge >= 0.3 is 11.6 Å². The Kier molecular flexibility index (Phi) is 4.23. The lowest BCUT2D eigenvalue weighted by Gasteiger charge is -1.97. The number of thiophene rings is 1. The Bertz CT molecular complexity index is 356. The normalized spacial score (nSPS) is 11.7. The minimum absolute atomic E-state index is 0.0105. The van der Waals surface area contributed by atoms with E-state index >= 15 is 0 Å². The molecule has 4 nitrogen and oxygen atoms in total. The number of halogens is 1. The first-order chi connectivity index (χ1) is 6.79. The van der Waals surface area contributed by atoms with Crippen LogP contribution in [0.3, 0.4) is 0 Å². The lowest BCUT2D eigenvalue weighted by molar-refractivity contribution is 0.106. The predicted molar refractivity (Wildman–Crippen MR) is 55.6 cm³/mol. The van der Waals surface area contributed by atoms with E-state index in [1.807, 2.05) is 0 Å². The molecule has 0 unspecified atom stereocenters. The third-order valence-electron chi connectivity index (χ3n) is 1.41. The first kappa shape index (κ1) is 10.8. The second-order valence-electron chi connectivity index (χ2n) is 2.30. The molecule has 1 heterocycles. The molecule has 1 rings (SSSR count). The van der Waals surface area contributed by atoms with Crippen molar-refractivity contribution in [1.29, 1.82) is 5.39 Å². The molecule has 0 amide bonds. The molecule has 0 saturated heterocycles. The Hall–Kier alpha value is -1.25. The number of hydrogen-bond donors (Lipinski definition) is 1. The maximum atomic E-state index is 9.36. The molecule has 1 aromatic heterocycles. The van der Waals surface area contributed by atoms with E-state index in [1.165, 1.54) is 11.3 Å². The van der Waals surface area contributed by atoms with Crippen molar-refractivity contribution in [3.8, 4) is 0 Å². The lowest BCUT2D eigenvalue weighted by atomic mass is 10.3. The van der Waals surface area contributed by atoms with Crippen LogP contribution in [-0.2, 0) is 4.74 Å². The van der Waals surface area contributed by atoms with Gasteiger partial charge < -0.3 is 9.84 Å². The van der Waals surface area contributed by atoms with Gasteiger partial charge in [-0.05, 0) is 11.4 Å². The van der Waals surface area contributed by atoms with Crippen molar-refractivity contribution in [2.45, 2.75) is 0 Å². The highest BCUT2D eigenvalue weighted by molar-refractivity contribution is 7.08. The van der Waals surface area contributed by atoms with Gasteiger partial charge in [0, 0.05) is 5.38 Å². The molecular weight excluding hydrogens is 224 g/mol. The van der Waals surface area contributed by atoms with Crippen LogP contribution in [0.5, 0.6) is 0 Å². The topological polar surface area (TPSA) is 57.6 Å². The van der Waals surface area contributed by atoms with Gasteiger partial charge in [-0.1, -0.05) is 0 Å². The summed E-state index contributed by atoms with van der Waals surface area (Å²) in [5.74, 6) is -0.168. The van der Waals surface area contributed by atoms with E-state index in [4.69, 9.17) is 21.7 Å². The van der Waals surface area contributed by atoms with Crippen LogP contribution >= 0.6 is 22.9 Å². The maximum Gasteiger partial charge on any atom is 0.471 e. The van der Waals surface area contributed by atoms with Crippen LogP contribution in [0, 0.1) is 5.39 Å². The highest BCUT2D eigenvalue weighted by Gasteiger charge is 2.23. The van der Waals surface area contributed by atoms with Crippen LogP contribution in [0.4, 0.5) is 0 Å². The number of rotatable bonds is 4. The van der Waals surface area contributed by atoms with E-state index in [2.05, 4.69) is 4.98 Å². The molecule has 0 bridgehead atoms. The summed E-state index contributed by atoms with van der Waals surface area (Å²) in [5.41, 5.74) is 0.612. The summed E-state index contributed by atoms with van der Waals surface area (Å²) in [6.07, 6.45) is 0. The summed E-state index contributed by atoms with van der Waals surface area (Å²) in [6, 6.07) is 1.71. The van der Waals surface area contributed by atoms with Crippen LogP contribution in [0.2, 0.25) is 0 Å². The van der Waals surface area contributed by atoms with Gasteiger partial charge in [0.05, 0.1) is 11.4 Å². The van der Waals surface area contributed by atoms with E-state index in [0.717, 1.165) is 0 Å². The monoisotopic (exact) mass is 231 g/mol. The Morgan fingerprint density at radius 3 is 3.00 bits per heavy atom. The van der Waals surface area contributed by atoms with Gasteiger partial charge in [0.2, 0.25) is 5.39 Å². The largest absolute Gasteiger partial charge is 0.475 e. The van der Waals surface area contributed by atoms with Crippen LogP contribution in [0.25, 0.3) is 10.7 Å². The molecule has 0 spiro atoms.